The Hall–Kier alpha value is -1.53. The van der Waals surface area contributed by atoms with Crippen molar-refractivity contribution in [2.45, 2.75) is 18.9 Å². The predicted octanol–water partition coefficient (Wildman–Crippen LogP) is 3.10. The molecule has 0 aliphatic carbocycles. The first kappa shape index (κ1) is 15.4. The lowest BCUT2D eigenvalue weighted by Gasteiger charge is -2.34. The van der Waals surface area contributed by atoms with Gasteiger partial charge in [0.1, 0.15) is 10.8 Å². The van der Waals surface area contributed by atoms with Crippen LogP contribution in [0.5, 0.6) is 5.75 Å². The van der Waals surface area contributed by atoms with Crippen LogP contribution in [0.25, 0.3) is 0 Å². The molecule has 2 aromatic rings. The fourth-order valence-electron chi connectivity index (χ4n) is 2.56. The molecule has 0 bridgehead atoms. The van der Waals surface area contributed by atoms with E-state index in [9.17, 15) is 9.90 Å². The van der Waals surface area contributed by atoms with Gasteiger partial charge in [0.15, 0.2) is 0 Å². The predicted molar refractivity (Wildman–Crippen MR) is 90.3 cm³/mol. The molecule has 1 atom stereocenters. The van der Waals surface area contributed by atoms with Gasteiger partial charge >= 0.3 is 0 Å². The summed E-state index contributed by atoms with van der Waals surface area (Å²) in [5, 5.41) is 12.3. The lowest BCUT2D eigenvalue weighted by Crippen LogP contribution is -2.40. The minimum absolute atomic E-state index is 0.117. The molecule has 1 N–H and O–H groups in total. The summed E-state index contributed by atoms with van der Waals surface area (Å²) < 4.78 is 0. The lowest BCUT2D eigenvalue weighted by molar-refractivity contribution is -0.133. The zero-order valence-corrected chi connectivity index (χ0v) is 13.8. The van der Waals surface area contributed by atoms with Gasteiger partial charge in [0, 0.05) is 36.0 Å². The maximum atomic E-state index is 12.6. The van der Waals surface area contributed by atoms with Crippen LogP contribution in [0, 0.1) is 0 Å². The fraction of sp³-hybridized carbons (Fsp3) is 0.375. The number of carbonyl (C=O) groups is 1. The maximum Gasteiger partial charge on any atom is 0.223 e. The number of aryl methyl sites for hydroxylation is 1. The standard InChI is InChI=1S/C16H18N2O2S2/c19-13-4-1-12(2-5-13)3-6-15(20)18-8-10-21-11-14(18)16-17-7-9-22-16/h1-2,4-5,7,9,14,19H,3,6,8,10-11H2. The Morgan fingerprint density at radius 1 is 1.36 bits per heavy atom. The molecule has 3 rings (SSSR count). The SMILES string of the molecule is O=C(CCc1ccc(O)cc1)N1CCSCC1c1nccs1. The van der Waals surface area contributed by atoms with Crippen molar-refractivity contribution in [1.82, 2.24) is 9.88 Å². The second-order valence-electron chi connectivity index (χ2n) is 5.21. The Morgan fingerprint density at radius 3 is 2.91 bits per heavy atom. The molecule has 1 amide bonds. The molecule has 1 aromatic carbocycles. The number of aromatic hydroxyl groups is 1. The third-order valence-electron chi connectivity index (χ3n) is 3.75. The summed E-state index contributed by atoms with van der Waals surface area (Å²) in [4.78, 5) is 19.0. The third kappa shape index (κ3) is 3.62. The van der Waals surface area contributed by atoms with E-state index in [1.807, 2.05) is 34.2 Å². The smallest absolute Gasteiger partial charge is 0.223 e. The molecule has 0 radical (unpaired) electrons. The van der Waals surface area contributed by atoms with Gasteiger partial charge in [0.2, 0.25) is 5.91 Å². The highest BCUT2D eigenvalue weighted by Crippen LogP contribution is 2.31. The second-order valence-corrected chi connectivity index (χ2v) is 7.29. The van der Waals surface area contributed by atoms with E-state index < -0.39 is 0 Å². The molecule has 1 aliphatic rings. The van der Waals surface area contributed by atoms with Crippen LogP contribution in [-0.4, -0.2) is 38.9 Å². The van der Waals surface area contributed by atoms with Crippen molar-refractivity contribution < 1.29 is 9.90 Å². The van der Waals surface area contributed by atoms with E-state index in [4.69, 9.17) is 0 Å². The van der Waals surface area contributed by atoms with Crippen molar-refractivity contribution in [3.8, 4) is 5.75 Å². The molecule has 6 heteroatoms. The van der Waals surface area contributed by atoms with Gasteiger partial charge in [-0.25, -0.2) is 4.98 Å². The molecule has 1 aliphatic heterocycles. The molecule has 1 fully saturated rings. The van der Waals surface area contributed by atoms with E-state index >= 15 is 0 Å². The second kappa shape index (κ2) is 7.15. The van der Waals surface area contributed by atoms with E-state index in [-0.39, 0.29) is 17.7 Å². The van der Waals surface area contributed by atoms with E-state index in [0.717, 1.165) is 28.6 Å². The van der Waals surface area contributed by atoms with E-state index in [2.05, 4.69) is 4.98 Å². The molecule has 4 nitrogen and oxygen atoms in total. The first-order valence-electron chi connectivity index (χ1n) is 7.28. The number of hydrogen-bond donors (Lipinski definition) is 1. The summed E-state index contributed by atoms with van der Waals surface area (Å²) in [5.41, 5.74) is 1.07. The summed E-state index contributed by atoms with van der Waals surface area (Å²) in [6, 6.07) is 7.18. The van der Waals surface area contributed by atoms with Gasteiger partial charge < -0.3 is 10.0 Å². The molecule has 0 saturated carbocycles. The molecular formula is C16H18N2O2S2. The topological polar surface area (TPSA) is 53.4 Å². The van der Waals surface area contributed by atoms with Gasteiger partial charge in [0.05, 0.1) is 6.04 Å². The van der Waals surface area contributed by atoms with Crippen LogP contribution in [0.1, 0.15) is 23.0 Å². The van der Waals surface area contributed by atoms with Crippen molar-refractivity contribution in [2.75, 3.05) is 18.1 Å². The van der Waals surface area contributed by atoms with Crippen molar-refractivity contribution >= 4 is 29.0 Å². The average molecular weight is 334 g/mol. The Balaban J connectivity index is 1.63. The molecule has 1 unspecified atom stereocenters. The fourth-order valence-corrected chi connectivity index (χ4v) is 4.47. The largest absolute Gasteiger partial charge is 0.508 e. The number of aromatic nitrogens is 1. The van der Waals surface area contributed by atoms with Crippen LogP contribution >= 0.6 is 23.1 Å². The number of amides is 1. The van der Waals surface area contributed by atoms with Crippen LogP contribution in [0.3, 0.4) is 0 Å². The van der Waals surface area contributed by atoms with Crippen molar-refractivity contribution in [3.05, 3.63) is 46.4 Å². The minimum atomic E-state index is 0.117. The van der Waals surface area contributed by atoms with Crippen LogP contribution in [-0.2, 0) is 11.2 Å². The highest BCUT2D eigenvalue weighted by atomic mass is 32.2. The molecular weight excluding hydrogens is 316 g/mol. The normalized spacial score (nSPS) is 18.4. The highest BCUT2D eigenvalue weighted by Gasteiger charge is 2.29. The van der Waals surface area contributed by atoms with Crippen LogP contribution in [0.2, 0.25) is 0 Å². The summed E-state index contributed by atoms with van der Waals surface area (Å²) in [7, 11) is 0. The van der Waals surface area contributed by atoms with E-state index in [1.54, 1.807) is 29.7 Å². The zero-order valence-electron chi connectivity index (χ0n) is 12.1. The zero-order chi connectivity index (χ0) is 15.4. The van der Waals surface area contributed by atoms with Crippen LogP contribution in [0.15, 0.2) is 35.8 Å². The molecule has 0 spiro atoms. The van der Waals surface area contributed by atoms with Crippen LogP contribution in [0.4, 0.5) is 0 Å². The highest BCUT2D eigenvalue weighted by molar-refractivity contribution is 7.99. The maximum absolute atomic E-state index is 12.6. The van der Waals surface area contributed by atoms with Crippen molar-refractivity contribution in [2.24, 2.45) is 0 Å². The average Bonchev–Trinajstić information content (AvgIpc) is 3.08. The monoisotopic (exact) mass is 334 g/mol. The number of phenolic OH excluding ortho intramolecular Hbond substituents is 1. The quantitative estimate of drug-likeness (QED) is 0.933. The minimum Gasteiger partial charge on any atom is -0.508 e. The number of thioether (sulfide) groups is 1. The number of rotatable bonds is 4. The molecule has 1 saturated heterocycles. The molecule has 116 valence electrons. The van der Waals surface area contributed by atoms with Gasteiger partial charge in [-0.1, -0.05) is 12.1 Å². The van der Waals surface area contributed by atoms with Gasteiger partial charge in [0.25, 0.3) is 0 Å². The number of thiazole rings is 1. The summed E-state index contributed by atoms with van der Waals surface area (Å²) >= 11 is 3.50. The van der Waals surface area contributed by atoms with Gasteiger partial charge in [-0.3, -0.25) is 4.79 Å². The van der Waals surface area contributed by atoms with Gasteiger partial charge in [-0.05, 0) is 24.1 Å². The summed E-state index contributed by atoms with van der Waals surface area (Å²) in [5.74, 6) is 2.37. The molecule has 22 heavy (non-hydrogen) atoms. The summed E-state index contributed by atoms with van der Waals surface area (Å²) in [6.07, 6.45) is 3.00. The Morgan fingerprint density at radius 2 is 2.18 bits per heavy atom. The first-order valence-corrected chi connectivity index (χ1v) is 9.32. The Kier molecular flexibility index (Phi) is 5.00. The van der Waals surface area contributed by atoms with Crippen LogP contribution < -0.4 is 0 Å². The summed E-state index contributed by atoms with van der Waals surface area (Å²) in [6.45, 7) is 0.795. The van der Waals surface area contributed by atoms with Crippen molar-refractivity contribution in [3.63, 3.8) is 0 Å². The van der Waals surface area contributed by atoms with Gasteiger partial charge in [-0.2, -0.15) is 11.8 Å². The number of hydrogen-bond acceptors (Lipinski definition) is 5. The van der Waals surface area contributed by atoms with Gasteiger partial charge in [-0.15, -0.1) is 11.3 Å². The molecule has 2 heterocycles. The number of carbonyl (C=O) groups excluding carboxylic acids is 1. The third-order valence-corrected chi connectivity index (χ3v) is 5.65. The number of nitrogens with zero attached hydrogens (tertiary/aromatic N) is 2. The lowest BCUT2D eigenvalue weighted by atomic mass is 10.1. The molecule has 1 aromatic heterocycles. The Bertz CT molecular complexity index is 614. The number of phenols is 1. The van der Waals surface area contributed by atoms with E-state index in [1.165, 1.54) is 0 Å². The Labute approximate surface area is 138 Å². The van der Waals surface area contributed by atoms with E-state index in [0.29, 0.717) is 12.8 Å². The first-order chi connectivity index (χ1) is 10.7. The number of benzene rings is 1. The van der Waals surface area contributed by atoms with Crippen molar-refractivity contribution in [1.29, 1.82) is 0 Å².